The van der Waals surface area contributed by atoms with E-state index < -0.39 is 5.54 Å². The normalized spacial score (nSPS) is 37.2. The fraction of sp³-hybridized carbons (Fsp3) is 0.633. The molecule has 3 amide bonds. The monoisotopic (exact) mass is 491 g/mol. The third kappa shape index (κ3) is 4.06. The molecule has 3 saturated carbocycles. The quantitative estimate of drug-likeness (QED) is 0.559. The average molecular weight is 492 g/mol. The molecule has 7 atom stereocenters. The predicted octanol–water partition coefficient (Wildman–Crippen LogP) is 4.91. The van der Waals surface area contributed by atoms with Crippen LogP contribution >= 0.6 is 0 Å². The molecule has 0 aromatic heterocycles. The first-order chi connectivity index (χ1) is 16.9. The van der Waals surface area contributed by atoms with E-state index in [0.717, 1.165) is 49.8 Å². The molecule has 0 unspecified atom stereocenters. The van der Waals surface area contributed by atoms with Gasteiger partial charge in [-0.3, -0.25) is 14.4 Å². The van der Waals surface area contributed by atoms with Gasteiger partial charge in [0.25, 0.3) is 0 Å². The lowest BCUT2D eigenvalue weighted by Crippen LogP contribution is -2.59. The molecule has 3 fully saturated rings. The molecule has 194 valence electrons. The molecule has 3 aliphatic carbocycles. The summed E-state index contributed by atoms with van der Waals surface area (Å²) in [4.78, 5) is 37.1. The Hall–Kier alpha value is -2.63. The summed E-state index contributed by atoms with van der Waals surface area (Å²) in [5.41, 5.74) is 1.30. The molecular formula is C30H41N3O3. The van der Waals surface area contributed by atoms with Gasteiger partial charge >= 0.3 is 0 Å². The van der Waals surface area contributed by atoms with E-state index in [0.29, 0.717) is 17.8 Å². The lowest BCUT2D eigenvalue weighted by atomic mass is 9.48. The number of hydrogen-bond acceptors (Lipinski definition) is 3. The Balaban J connectivity index is 1.31. The first-order valence-electron chi connectivity index (χ1n) is 13.6. The molecule has 4 aliphatic rings. The van der Waals surface area contributed by atoms with Crippen LogP contribution in [0.5, 0.6) is 0 Å². The van der Waals surface area contributed by atoms with Crippen LogP contribution in [0.1, 0.15) is 78.7 Å². The van der Waals surface area contributed by atoms with Crippen molar-refractivity contribution in [1.82, 2.24) is 10.6 Å². The largest absolute Gasteiger partial charge is 0.349 e. The summed E-state index contributed by atoms with van der Waals surface area (Å²) in [6.07, 6.45) is 10.3. The zero-order valence-corrected chi connectivity index (χ0v) is 22.3. The van der Waals surface area contributed by atoms with E-state index in [1.54, 1.807) is 6.08 Å². The van der Waals surface area contributed by atoms with Crippen LogP contribution in [0.15, 0.2) is 36.4 Å². The maximum atomic E-state index is 13.8. The van der Waals surface area contributed by atoms with E-state index in [9.17, 15) is 14.4 Å². The fourth-order valence-corrected chi connectivity index (χ4v) is 8.40. The number of carbonyl (C=O) groups is 3. The number of nitrogens with one attached hydrogen (secondary N) is 3. The van der Waals surface area contributed by atoms with Gasteiger partial charge < -0.3 is 16.0 Å². The number of amides is 3. The van der Waals surface area contributed by atoms with E-state index in [4.69, 9.17) is 0 Å². The summed E-state index contributed by atoms with van der Waals surface area (Å²) in [5, 5.41) is 9.41. The molecule has 36 heavy (non-hydrogen) atoms. The van der Waals surface area contributed by atoms with Crippen molar-refractivity contribution in [3.8, 4) is 0 Å². The molecule has 0 radical (unpaired) electrons. The summed E-state index contributed by atoms with van der Waals surface area (Å²) in [5.74, 6) is 1.86. The summed E-state index contributed by atoms with van der Waals surface area (Å²) in [6.45, 7) is 10.3. The van der Waals surface area contributed by atoms with Crippen LogP contribution < -0.4 is 16.0 Å². The van der Waals surface area contributed by atoms with E-state index in [1.807, 2.05) is 24.3 Å². The number of carbonyl (C=O) groups excluding carboxylic acids is 3. The number of anilines is 1. The molecule has 1 aromatic rings. The Morgan fingerprint density at radius 1 is 1.00 bits per heavy atom. The number of fused-ring (bicyclic) bond motifs is 5. The summed E-state index contributed by atoms with van der Waals surface area (Å²) in [7, 11) is 0. The lowest BCUT2D eigenvalue weighted by molar-refractivity contribution is -0.135. The van der Waals surface area contributed by atoms with Gasteiger partial charge in [-0.05, 0) is 99.3 Å². The second-order valence-corrected chi connectivity index (χ2v) is 12.8. The van der Waals surface area contributed by atoms with Gasteiger partial charge in [-0.25, -0.2) is 0 Å². The van der Waals surface area contributed by atoms with E-state index in [2.05, 4.69) is 49.7 Å². The zero-order chi connectivity index (χ0) is 25.9. The molecule has 1 aromatic carbocycles. The van der Waals surface area contributed by atoms with Gasteiger partial charge in [0, 0.05) is 30.0 Å². The van der Waals surface area contributed by atoms with Gasteiger partial charge in [0.05, 0.1) is 5.54 Å². The Kier molecular flexibility index (Phi) is 6.08. The van der Waals surface area contributed by atoms with Crippen LogP contribution in [0, 0.1) is 34.5 Å². The van der Waals surface area contributed by atoms with Crippen molar-refractivity contribution in [2.45, 2.75) is 84.7 Å². The summed E-state index contributed by atoms with van der Waals surface area (Å²) in [6, 6.07) is 7.96. The average Bonchev–Trinajstić information content (AvgIpc) is 3.16. The van der Waals surface area contributed by atoms with E-state index >= 15 is 0 Å². The third-order valence-electron chi connectivity index (χ3n) is 10.4. The van der Waals surface area contributed by atoms with Crippen LogP contribution in [0.4, 0.5) is 5.69 Å². The minimum atomic E-state index is -0.506. The SMILES string of the molecule is CC(=O)Nc1ccc(C(C)(C)NC(=O)[C@H]2CC[C@H]3[C@@H]4CC[C@H]5NC(=O)C=C[C@]5(C)[C@H]4CC[C@]23C)cc1. The highest BCUT2D eigenvalue weighted by Crippen LogP contribution is 2.65. The summed E-state index contributed by atoms with van der Waals surface area (Å²) >= 11 is 0. The molecule has 6 heteroatoms. The summed E-state index contributed by atoms with van der Waals surface area (Å²) < 4.78 is 0. The maximum Gasteiger partial charge on any atom is 0.243 e. The highest BCUT2D eigenvalue weighted by molar-refractivity contribution is 5.89. The fourth-order valence-electron chi connectivity index (χ4n) is 8.40. The third-order valence-corrected chi connectivity index (χ3v) is 10.4. The van der Waals surface area contributed by atoms with Gasteiger partial charge in [-0.2, -0.15) is 0 Å². The van der Waals surface area contributed by atoms with Crippen molar-refractivity contribution >= 4 is 23.4 Å². The Morgan fingerprint density at radius 3 is 2.42 bits per heavy atom. The van der Waals surface area contributed by atoms with E-state index in [1.165, 1.54) is 6.92 Å². The van der Waals surface area contributed by atoms with Gasteiger partial charge in [-0.1, -0.05) is 32.1 Å². The Labute approximate surface area is 215 Å². The molecule has 5 rings (SSSR count). The van der Waals surface area contributed by atoms with Crippen molar-refractivity contribution in [3.05, 3.63) is 42.0 Å². The molecule has 0 bridgehead atoms. The number of rotatable bonds is 4. The first-order valence-corrected chi connectivity index (χ1v) is 13.6. The minimum absolute atomic E-state index is 0.0153. The molecular weight excluding hydrogens is 450 g/mol. The Bertz CT molecular complexity index is 1090. The predicted molar refractivity (Wildman–Crippen MR) is 141 cm³/mol. The maximum absolute atomic E-state index is 13.8. The van der Waals surface area contributed by atoms with Crippen molar-refractivity contribution in [2.24, 2.45) is 34.5 Å². The topological polar surface area (TPSA) is 87.3 Å². The molecule has 0 spiro atoms. The molecule has 3 N–H and O–H groups in total. The van der Waals surface area contributed by atoms with Crippen LogP contribution in [0.25, 0.3) is 0 Å². The van der Waals surface area contributed by atoms with Crippen LogP contribution in [0.2, 0.25) is 0 Å². The van der Waals surface area contributed by atoms with Crippen molar-refractivity contribution in [1.29, 1.82) is 0 Å². The molecule has 0 saturated heterocycles. The smallest absolute Gasteiger partial charge is 0.243 e. The van der Waals surface area contributed by atoms with Gasteiger partial charge in [-0.15, -0.1) is 0 Å². The lowest BCUT2D eigenvalue weighted by Gasteiger charge is -2.58. The number of hydrogen-bond donors (Lipinski definition) is 3. The highest BCUT2D eigenvalue weighted by atomic mass is 16.2. The number of benzene rings is 1. The van der Waals surface area contributed by atoms with Crippen molar-refractivity contribution < 1.29 is 14.4 Å². The zero-order valence-electron chi connectivity index (χ0n) is 22.3. The van der Waals surface area contributed by atoms with Crippen LogP contribution in [-0.2, 0) is 19.9 Å². The molecule has 6 nitrogen and oxygen atoms in total. The second kappa shape index (κ2) is 8.74. The van der Waals surface area contributed by atoms with Crippen LogP contribution in [-0.4, -0.2) is 23.8 Å². The molecule has 1 heterocycles. The standard InChI is InChI=1S/C30H41N3O3/c1-18(34)31-20-8-6-19(7-9-20)28(2,3)33-27(36)24-12-11-22-21-10-13-25-30(5,17-15-26(35)32-25)23(21)14-16-29(22,24)4/h6-9,15,17,21-25H,10-14,16H2,1-5H3,(H,31,34)(H,32,35)(H,33,36)/t21-,22-,23-,24+,25+,29-,30+/m0/s1. The van der Waals surface area contributed by atoms with Crippen LogP contribution in [0.3, 0.4) is 0 Å². The van der Waals surface area contributed by atoms with Gasteiger partial charge in [0.15, 0.2) is 0 Å². The van der Waals surface area contributed by atoms with Crippen molar-refractivity contribution in [2.75, 3.05) is 5.32 Å². The van der Waals surface area contributed by atoms with Gasteiger partial charge in [0.2, 0.25) is 17.7 Å². The first kappa shape index (κ1) is 25.0. The van der Waals surface area contributed by atoms with E-state index in [-0.39, 0.29) is 40.5 Å². The highest BCUT2D eigenvalue weighted by Gasteiger charge is 2.61. The Morgan fingerprint density at radius 2 is 1.72 bits per heavy atom. The minimum Gasteiger partial charge on any atom is -0.349 e. The van der Waals surface area contributed by atoms with Crippen molar-refractivity contribution in [3.63, 3.8) is 0 Å². The van der Waals surface area contributed by atoms with Gasteiger partial charge in [0.1, 0.15) is 0 Å². The molecule has 1 aliphatic heterocycles. The second-order valence-electron chi connectivity index (χ2n) is 12.8.